The number of urea groups is 1. The van der Waals surface area contributed by atoms with Crippen LogP contribution >= 0.6 is 11.6 Å². The largest absolute Gasteiger partial charge is 0.353 e. The minimum absolute atomic E-state index is 0.0388. The van der Waals surface area contributed by atoms with Gasteiger partial charge in [0.15, 0.2) is 11.6 Å². The molecule has 0 radical (unpaired) electrons. The molecule has 2 unspecified atom stereocenters. The van der Waals surface area contributed by atoms with E-state index in [1.54, 1.807) is 11.1 Å². The molecule has 7 nitrogen and oxygen atoms in total. The fourth-order valence-corrected chi connectivity index (χ4v) is 4.74. The first kappa shape index (κ1) is 17.6. The molecule has 2 fully saturated rings. The summed E-state index contributed by atoms with van der Waals surface area (Å²) in [7, 11) is 0. The van der Waals surface area contributed by atoms with Gasteiger partial charge in [0, 0.05) is 32.4 Å². The van der Waals surface area contributed by atoms with E-state index < -0.39 is 5.82 Å². The van der Waals surface area contributed by atoms with Crippen LogP contribution in [0, 0.1) is 23.6 Å². The Hall–Kier alpha value is -2.48. The number of pyridine rings is 1. The van der Waals surface area contributed by atoms with E-state index in [1.807, 2.05) is 17.0 Å². The van der Waals surface area contributed by atoms with Crippen molar-refractivity contribution < 1.29 is 9.18 Å². The quantitative estimate of drug-likeness (QED) is 0.795. The third kappa shape index (κ3) is 3.15. The van der Waals surface area contributed by atoms with Crippen molar-refractivity contribution >= 4 is 23.4 Å². The van der Waals surface area contributed by atoms with E-state index in [1.165, 1.54) is 0 Å². The standard InChI is InChI=1S/C19H20ClFN6O/c20-18-24-6-15(21)17(25-18)26-8-13-12(14(13)9-26)3-5-23-19(28)27-7-11-2-1-4-22-16(11)10-27/h1-2,4,6,12-14H,3,5,7-10H2,(H,23,28). The van der Waals surface area contributed by atoms with Crippen LogP contribution in [-0.2, 0) is 13.1 Å². The number of aromatic nitrogens is 3. The second-order valence-electron chi connectivity index (χ2n) is 7.69. The predicted octanol–water partition coefficient (Wildman–Crippen LogP) is 2.46. The lowest BCUT2D eigenvalue weighted by Crippen LogP contribution is -2.37. The molecule has 1 aliphatic carbocycles. The number of rotatable bonds is 4. The molecule has 5 rings (SSSR count). The van der Waals surface area contributed by atoms with E-state index >= 15 is 0 Å². The zero-order chi connectivity index (χ0) is 19.3. The van der Waals surface area contributed by atoms with Crippen molar-refractivity contribution in [2.75, 3.05) is 24.5 Å². The van der Waals surface area contributed by atoms with Crippen molar-refractivity contribution in [2.24, 2.45) is 17.8 Å². The zero-order valence-corrected chi connectivity index (χ0v) is 15.9. The second kappa shape index (κ2) is 6.84. The van der Waals surface area contributed by atoms with Gasteiger partial charge in [0.25, 0.3) is 0 Å². The lowest BCUT2D eigenvalue weighted by molar-refractivity contribution is 0.198. The number of carbonyl (C=O) groups excluding carboxylic acids is 1. The van der Waals surface area contributed by atoms with Crippen molar-refractivity contribution in [1.29, 1.82) is 0 Å². The molecular weight excluding hydrogens is 383 g/mol. The smallest absolute Gasteiger partial charge is 0.318 e. The summed E-state index contributed by atoms with van der Waals surface area (Å²) in [5.41, 5.74) is 2.10. The van der Waals surface area contributed by atoms with Crippen LogP contribution in [0.25, 0.3) is 0 Å². The maximum atomic E-state index is 13.9. The summed E-state index contributed by atoms with van der Waals surface area (Å²) in [5, 5.41) is 3.09. The second-order valence-corrected chi connectivity index (χ2v) is 8.03. The van der Waals surface area contributed by atoms with Gasteiger partial charge in [-0.1, -0.05) is 6.07 Å². The van der Waals surface area contributed by atoms with Crippen molar-refractivity contribution in [3.8, 4) is 0 Å². The zero-order valence-electron chi connectivity index (χ0n) is 15.2. The Kier molecular flexibility index (Phi) is 4.30. The monoisotopic (exact) mass is 402 g/mol. The van der Waals surface area contributed by atoms with E-state index in [4.69, 9.17) is 11.6 Å². The third-order valence-corrected chi connectivity index (χ3v) is 6.28. The molecule has 1 N–H and O–H groups in total. The number of amides is 2. The fraction of sp³-hybridized carbons (Fsp3) is 0.474. The molecule has 28 heavy (non-hydrogen) atoms. The summed E-state index contributed by atoms with van der Waals surface area (Å²) in [6, 6.07) is 3.88. The number of halogens is 2. The van der Waals surface area contributed by atoms with E-state index in [0.717, 1.165) is 37.0 Å². The van der Waals surface area contributed by atoms with Gasteiger partial charge in [0.1, 0.15) is 0 Å². The molecule has 0 bridgehead atoms. The minimum Gasteiger partial charge on any atom is -0.353 e. The van der Waals surface area contributed by atoms with Crippen LogP contribution in [0.2, 0.25) is 5.28 Å². The molecule has 0 aromatic carbocycles. The number of hydrogen-bond acceptors (Lipinski definition) is 5. The molecule has 2 aromatic rings. The molecular formula is C19H20ClFN6O. The first-order valence-electron chi connectivity index (χ1n) is 9.48. The highest BCUT2D eigenvalue weighted by atomic mass is 35.5. The Morgan fingerprint density at radius 1 is 1.29 bits per heavy atom. The van der Waals surface area contributed by atoms with Gasteiger partial charge in [-0.3, -0.25) is 4.98 Å². The van der Waals surface area contributed by atoms with Gasteiger partial charge in [-0.2, -0.15) is 4.98 Å². The Morgan fingerprint density at radius 2 is 2.11 bits per heavy atom. The van der Waals surface area contributed by atoms with E-state index in [0.29, 0.717) is 43.2 Å². The molecule has 9 heteroatoms. The molecule has 2 aliphatic heterocycles. The molecule has 3 aliphatic rings. The summed E-state index contributed by atoms with van der Waals surface area (Å²) >= 11 is 5.79. The predicted molar refractivity (Wildman–Crippen MR) is 101 cm³/mol. The van der Waals surface area contributed by atoms with E-state index in [-0.39, 0.29) is 11.3 Å². The lowest BCUT2D eigenvalue weighted by atomic mass is 10.2. The molecule has 2 atom stereocenters. The van der Waals surface area contributed by atoms with Crippen LogP contribution in [0.3, 0.4) is 0 Å². The molecule has 4 heterocycles. The number of nitrogens with one attached hydrogen (secondary N) is 1. The number of carbonyl (C=O) groups is 1. The maximum Gasteiger partial charge on any atom is 0.318 e. The number of piperidine rings is 1. The number of anilines is 1. The maximum absolute atomic E-state index is 13.9. The minimum atomic E-state index is -0.435. The van der Waals surface area contributed by atoms with Gasteiger partial charge in [-0.05, 0) is 47.4 Å². The van der Waals surface area contributed by atoms with E-state index in [9.17, 15) is 9.18 Å². The molecule has 146 valence electrons. The highest BCUT2D eigenvalue weighted by Gasteiger charge is 2.55. The van der Waals surface area contributed by atoms with Gasteiger partial charge >= 0.3 is 6.03 Å². The Labute approximate surface area is 166 Å². The van der Waals surface area contributed by atoms with Crippen LogP contribution in [0.5, 0.6) is 0 Å². The van der Waals surface area contributed by atoms with Crippen molar-refractivity contribution in [3.05, 3.63) is 46.9 Å². The topological polar surface area (TPSA) is 74.2 Å². The van der Waals surface area contributed by atoms with Gasteiger partial charge in [-0.15, -0.1) is 0 Å². The average molecular weight is 403 g/mol. The highest BCUT2D eigenvalue weighted by Crippen LogP contribution is 2.54. The van der Waals surface area contributed by atoms with Crippen molar-refractivity contribution in [3.63, 3.8) is 0 Å². The first-order valence-corrected chi connectivity index (χ1v) is 9.86. The Bertz CT molecular complexity index is 890. The van der Waals surface area contributed by atoms with Gasteiger partial charge in [-0.25, -0.2) is 14.2 Å². The SMILES string of the molecule is O=C(NCCC1C2CN(c3nc(Cl)ncc3F)CC12)N1Cc2cccnc2C1. The van der Waals surface area contributed by atoms with Crippen LogP contribution in [0.15, 0.2) is 24.5 Å². The van der Waals surface area contributed by atoms with Crippen molar-refractivity contribution in [2.45, 2.75) is 19.5 Å². The molecule has 2 aromatic heterocycles. The van der Waals surface area contributed by atoms with Crippen LogP contribution in [-0.4, -0.2) is 45.5 Å². The Balaban J connectivity index is 1.07. The average Bonchev–Trinajstić information content (AvgIpc) is 3.05. The van der Waals surface area contributed by atoms with Gasteiger partial charge in [0.05, 0.1) is 18.4 Å². The normalized spacial score (nSPS) is 24.9. The summed E-state index contributed by atoms with van der Waals surface area (Å²) in [5.74, 6) is 1.50. The van der Waals surface area contributed by atoms with E-state index in [2.05, 4.69) is 20.3 Å². The summed E-state index contributed by atoms with van der Waals surface area (Å²) in [6.45, 7) is 3.40. The Morgan fingerprint density at radius 3 is 2.89 bits per heavy atom. The third-order valence-electron chi connectivity index (χ3n) is 6.09. The molecule has 0 spiro atoms. The highest BCUT2D eigenvalue weighted by molar-refractivity contribution is 6.28. The van der Waals surface area contributed by atoms with Crippen LogP contribution in [0.1, 0.15) is 17.7 Å². The van der Waals surface area contributed by atoms with Gasteiger partial charge < -0.3 is 15.1 Å². The molecule has 2 amide bonds. The molecule has 1 saturated heterocycles. The number of fused-ring (bicyclic) bond motifs is 2. The fourth-order valence-electron chi connectivity index (χ4n) is 4.61. The van der Waals surface area contributed by atoms with Crippen LogP contribution < -0.4 is 10.2 Å². The van der Waals surface area contributed by atoms with Gasteiger partial charge in [0.2, 0.25) is 5.28 Å². The first-order chi connectivity index (χ1) is 13.6. The number of nitrogens with zero attached hydrogens (tertiary/aromatic N) is 5. The summed E-state index contributed by atoms with van der Waals surface area (Å²) in [6.07, 6.45) is 3.82. The van der Waals surface area contributed by atoms with Crippen molar-refractivity contribution in [1.82, 2.24) is 25.2 Å². The summed E-state index contributed by atoms with van der Waals surface area (Å²) in [4.78, 5) is 28.1. The molecule has 1 saturated carbocycles. The lowest BCUT2D eigenvalue weighted by Gasteiger charge is -2.21. The van der Waals surface area contributed by atoms with Crippen LogP contribution in [0.4, 0.5) is 15.0 Å². The number of hydrogen-bond donors (Lipinski definition) is 1. The summed E-state index contributed by atoms with van der Waals surface area (Å²) < 4.78 is 13.9.